The minimum Gasteiger partial charge on any atom is -0.870 e. The van der Waals surface area contributed by atoms with Crippen LogP contribution in [0.15, 0.2) is 0 Å². The molecule has 3 nitrogen and oxygen atoms in total. The van der Waals surface area contributed by atoms with Crippen LogP contribution in [0.1, 0.15) is 0 Å². The van der Waals surface area contributed by atoms with Crippen molar-refractivity contribution in [3.05, 3.63) is 0 Å². The first-order valence-corrected chi connectivity index (χ1v) is 1.41. The van der Waals surface area contributed by atoms with Crippen molar-refractivity contribution in [3.8, 4) is 0 Å². The Morgan fingerprint density at radius 3 is 1.67 bits per heavy atom. The third-order valence-electron chi connectivity index (χ3n) is 0.111. The SMILES string of the molecule is [O-]B([O-])OP.[Sr+2]. The van der Waals surface area contributed by atoms with Gasteiger partial charge in [-0.1, -0.05) is 0 Å². The Bertz CT molecular complexity index is 24.8. The minimum absolute atomic E-state index is 0. The van der Waals surface area contributed by atoms with E-state index in [0.29, 0.717) is 0 Å². The second-order valence-corrected chi connectivity index (χ2v) is 0.697. The molecule has 0 aliphatic rings. The van der Waals surface area contributed by atoms with Crippen LogP contribution < -0.4 is 10.0 Å². The van der Waals surface area contributed by atoms with Gasteiger partial charge in [0.2, 0.25) is 0 Å². The van der Waals surface area contributed by atoms with E-state index in [0.717, 1.165) is 0 Å². The van der Waals surface area contributed by atoms with Crippen molar-refractivity contribution >= 4 is 62.3 Å². The van der Waals surface area contributed by atoms with E-state index in [-0.39, 0.29) is 45.5 Å². The molecule has 0 fully saturated rings. The minimum atomic E-state index is -2.15. The van der Waals surface area contributed by atoms with E-state index in [9.17, 15) is 0 Å². The number of rotatable bonds is 1. The van der Waals surface area contributed by atoms with Crippen molar-refractivity contribution < 1.29 is 14.5 Å². The summed E-state index contributed by atoms with van der Waals surface area (Å²) >= 11 is 0. The summed E-state index contributed by atoms with van der Waals surface area (Å²) in [6.07, 6.45) is 0. The summed E-state index contributed by atoms with van der Waals surface area (Å²) in [6, 6.07) is 0. The summed E-state index contributed by atoms with van der Waals surface area (Å²) in [5.41, 5.74) is 0. The molecule has 0 aliphatic heterocycles. The summed E-state index contributed by atoms with van der Waals surface area (Å²) < 4.78 is 3.56. The molecule has 0 bridgehead atoms. The van der Waals surface area contributed by atoms with E-state index in [2.05, 4.69) is 4.44 Å². The van der Waals surface area contributed by atoms with E-state index in [1.807, 2.05) is 0 Å². The molecule has 6 heteroatoms. The van der Waals surface area contributed by atoms with Gasteiger partial charge >= 0.3 is 45.5 Å². The second-order valence-electron chi connectivity index (χ2n) is 0.425. The van der Waals surface area contributed by atoms with Crippen LogP contribution in [0.5, 0.6) is 0 Å². The Hall–Kier alpha value is 1.86. The zero-order chi connectivity index (χ0) is 4.28. The standard InChI is InChI=1S/BH2O3P.Sr/c2-1(3)4-5;/h5H2;/q-2;+2. The molecule has 6 heavy (non-hydrogen) atoms. The maximum absolute atomic E-state index is 9.10. The first kappa shape index (κ1) is 10.8. The van der Waals surface area contributed by atoms with Crippen molar-refractivity contribution in [3.63, 3.8) is 0 Å². The van der Waals surface area contributed by atoms with Crippen LogP contribution in [0.4, 0.5) is 0 Å². The van der Waals surface area contributed by atoms with Crippen LogP contribution in [-0.4, -0.2) is 52.8 Å². The Labute approximate surface area is 75.8 Å². The molecule has 0 rings (SSSR count). The van der Waals surface area contributed by atoms with Gasteiger partial charge in [0.15, 0.2) is 0 Å². The van der Waals surface area contributed by atoms with Gasteiger partial charge in [0, 0.05) is 0 Å². The van der Waals surface area contributed by atoms with Gasteiger partial charge in [-0.3, -0.25) is 0 Å². The molecule has 30 valence electrons. The topological polar surface area (TPSA) is 55.3 Å². The molecule has 1 unspecified atom stereocenters. The Morgan fingerprint density at radius 1 is 1.50 bits per heavy atom. The maximum Gasteiger partial charge on any atom is 2.00 e. The van der Waals surface area contributed by atoms with E-state index < -0.39 is 7.32 Å². The van der Waals surface area contributed by atoms with E-state index in [1.54, 1.807) is 9.47 Å². The van der Waals surface area contributed by atoms with Gasteiger partial charge in [-0.05, 0) is 9.47 Å². The molecule has 0 aromatic rings. The van der Waals surface area contributed by atoms with Crippen LogP contribution >= 0.6 is 9.47 Å². The fourth-order valence-corrected chi connectivity index (χ4v) is 0. The molecule has 0 amide bonds. The van der Waals surface area contributed by atoms with Gasteiger partial charge in [0.1, 0.15) is 0 Å². The average Bonchev–Trinajstić information content (AvgIpc) is 1.38. The molecule has 0 N–H and O–H groups in total. The summed E-state index contributed by atoms with van der Waals surface area (Å²) in [5, 5.41) is 18.2. The van der Waals surface area contributed by atoms with E-state index in [4.69, 9.17) is 10.0 Å². The second kappa shape index (κ2) is 6.86. The van der Waals surface area contributed by atoms with Crippen LogP contribution in [0.25, 0.3) is 0 Å². The summed E-state index contributed by atoms with van der Waals surface area (Å²) in [4.78, 5) is 0. The number of hydrogen-bond acceptors (Lipinski definition) is 3. The predicted molar refractivity (Wildman–Crippen MR) is 22.3 cm³/mol. The first-order chi connectivity index (χ1) is 2.27. The zero-order valence-electron chi connectivity index (χ0n) is 3.09. The molecule has 0 aliphatic carbocycles. The largest absolute Gasteiger partial charge is 2.00 e. The van der Waals surface area contributed by atoms with Crippen LogP contribution in [0.2, 0.25) is 0 Å². The number of hydrogen-bond donors (Lipinski definition) is 0. The monoisotopic (exact) mass is 180 g/mol. The molecule has 1 atom stereocenters. The predicted octanol–water partition coefficient (Wildman–Crippen LogP) is -2.88. The van der Waals surface area contributed by atoms with Gasteiger partial charge in [0.25, 0.3) is 0 Å². The molecule has 0 heterocycles. The molecule has 0 saturated heterocycles. The molecule has 0 saturated carbocycles. The smallest absolute Gasteiger partial charge is 0.870 e. The maximum atomic E-state index is 9.10. The van der Waals surface area contributed by atoms with Crippen molar-refractivity contribution in [2.45, 2.75) is 0 Å². The molecule has 0 spiro atoms. The van der Waals surface area contributed by atoms with Crippen LogP contribution in [-0.2, 0) is 4.44 Å². The van der Waals surface area contributed by atoms with Gasteiger partial charge < -0.3 is 14.5 Å². The molecule has 0 aromatic heterocycles. The summed E-state index contributed by atoms with van der Waals surface area (Å²) in [5.74, 6) is 0. The summed E-state index contributed by atoms with van der Waals surface area (Å²) in [7, 11) is -0.583. The van der Waals surface area contributed by atoms with E-state index >= 15 is 0 Å². The van der Waals surface area contributed by atoms with E-state index in [1.165, 1.54) is 0 Å². The fraction of sp³-hybridized carbons (Fsp3) is 0. The summed E-state index contributed by atoms with van der Waals surface area (Å²) in [6.45, 7) is 0. The van der Waals surface area contributed by atoms with Gasteiger partial charge in [-0.2, -0.15) is 0 Å². The third kappa shape index (κ3) is 9.29. The van der Waals surface area contributed by atoms with Crippen molar-refractivity contribution in [1.82, 2.24) is 0 Å². The third-order valence-corrected chi connectivity index (χ3v) is 0.333. The van der Waals surface area contributed by atoms with Crippen molar-refractivity contribution in [1.29, 1.82) is 0 Å². The van der Waals surface area contributed by atoms with Gasteiger partial charge in [-0.25, -0.2) is 0 Å². The molecule has 0 aromatic carbocycles. The Balaban J connectivity index is 0. The normalized spacial score (nSPS) is 6.50. The fourth-order valence-electron chi connectivity index (χ4n) is 0. The van der Waals surface area contributed by atoms with Gasteiger partial charge in [0.05, 0.1) is 7.32 Å². The van der Waals surface area contributed by atoms with Crippen LogP contribution in [0.3, 0.4) is 0 Å². The Morgan fingerprint density at radius 2 is 1.67 bits per heavy atom. The molecular weight excluding hydrogens is 177 g/mol. The quantitative estimate of drug-likeness (QED) is 0.321. The van der Waals surface area contributed by atoms with Crippen molar-refractivity contribution in [2.75, 3.05) is 0 Å². The molecule has 0 radical (unpaired) electrons. The van der Waals surface area contributed by atoms with Crippen molar-refractivity contribution in [2.24, 2.45) is 0 Å². The Kier molecular flexibility index (Phi) is 12.3. The first-order valence-electron chi connectivity index (χ1n) is 0.943. The molecular formula is H2BO3PSr. The van der Waals surface area contributed by atoms with Gasteiger partial charge in [-0.15, -0.1) is 0 Å². The van der Waals surface area contributed by atoms with Crippen LogP contribution in [0, 0.1) is 0 Å². The average molecular weight is 179 g/mol. The zero-order valence-corrected chi connectivity index (χ0v) is 7.72.